The summed E-state index contributed by atoms with van der Waals surface area (Å²) in [6.07, 6.45) is 0. The van der Waals surface area contributed by atoms with Crippen LogP contribution < -0.4 is 24.8 Å². The number of urea groups is 1. The monoisotopic (exact) mass is 336 g/mol. The number of carbonyl (C=O) groups excluding carboxylic acids is 1. The van der Waals surface area contributed by atoms with Gasteiger partial charge in [-0.3, -0.25) is 0 Å². The van der Waals surface area contributed by atoms with E-state index in [0.717, 1.165) is 0 Å². The Balaban J connectivity index is 1.84. The van der Waals surface area contributed by atoms with Crippen molar-refractivity contribution in [3.8, 4) is 17.2 Å². The predicted octanol–water partition coefficient (Wildman–Crippen LogP) is 3.52. The highest BCUT2D eigenvalue weighted by atomic mass is 35.5. The number of nitrogens with one attached hydrogen (secondary N) is 2. The molecular weight excluding hydrogens is 320 g/mol. The Kier molecular flexibility index (Phi) is 5.94. The largest absolute Gasteiger partial charge is 0.495 e. The van der Waals surface area contributed by atoms with Gasteiger partial charge in [-0.15, -0.1) is 0 Å². The van der Waals surface area contributed by atoms with E-state index in [1.807, 2.05) is 12.1 Å². The van der Waals surface area contributed by atoms with Gasteiger partial charge in [-0.2, -0.15) is 0 Å². The molecule has 2 N–H and O–H groups in total. The van der Waals surface area contributed by atoms with Crippen molar-refractivity contribution in [2.24, 2.45) is 0 Å². The molecule has 0 radical (unpaired) electrons. The van der Waals surface area contributed by atoms with Crippen LogP contribution in [-0.2, 0) is 0 Å². The molecule has 0 saturated heterocycles. The SMILES string of the molecule is COc1ccc(NC(=O)NCOc2ccccc2OC)cc1Cl. The molecule has 2 amide bonds. The maximum Gasteiger partial charge on any atom is 0.321 e. The molecule has 0 aliphatic heterocycles. The molecule has 2 rings (SSSR count). The van der Waals surface area contributed by atoms with E-state index in [1.54, 1.807) is 37.4 Å². The van der Waals surface area contributed by atoms with Gasteiger partial charge >= 0.3 is 6.03 Å². The lowest BCUT2D eigenvalue weighted by molar-refractivity contribution is 0.231. The molecule has 0 saturated carbocycles. The van der Waals surface area contributed by atoms with E-state index in [1.165, 1.54) is 7.11 Å². The van der Waals surface area contributed by atoms with E-state index < -0.39 is 6.03 Å². The number of para-hydroxylation sites is 2. The van der Waals surface area contributed by atoms with Crippen molar-refractivity contribution in [1.82, 2.24) is 5.32 Å². The van der Waals surface area contributed by atoms with Crippen LogP contribution in [0.15, 0.2) is 42.5 Å². The van der Waals surface area contributed by atoms with Crippen LogP contribution in [0.2, 0.25) is 5.02 Å². The zero-order chi connectivity index (χ0) is 16.7. The van der Waals surface area contributed by atoms with E-state index >= 15 is 0 Å². The Labute approximate surface area is 139 Å². The topological polar surface area (TPSA) is 68.8 Å². The highest BCUT2D eigenvalue weighted by Gasteiger charge is 2.06. The Morgan fingerprint density at radius 1 is 1.04 bits per heavy atom. The summed E-state index contributed by atoms with van der Waals surface area (Å²) in [5.74, 6) is 1.68. The fourth-order valence-electron chi connectivity index (χ4n) is 1.84. The molecule has 0 aliphatic rings. The Bertz CT molecular complexity index is 679. The number of amides is 2. The zero-order valence-electron chi connectivity index (χ0n) is 12.8. The lowest BCUT2D eigenvalue weighted by Gasteiger charge is -2.12. The van der Waals surface area contributed by atoms with Crippen LogP contribution in [-0.4, -0.2) is 27.0 Å². The number of ether oxygens (including phenoxy) is 3. The molecule has 0 aliphatic carbocycles. The van der Waals surface area contributed by atoms with E-state index in [0.29, 0.717) is 28.0 Å². The molecule has 2 aromatic rings. The van der Waals surface area contributed by atoms with E-state index in [2.05, 4.69) is 10.6 Å². The summed E-state index contributed by atoms with van der Waals surface area (Å²) >= 11 is 6.00. The van der Waals surface area contributed by atoms with Crippen LogP contribution in [0, 0.1) is 0 Å². The molecule has 0 bridgehead atoms. The molecule has 0 spiro atoms. The van der Waals surface area contributed by atoms with Crippen LogP contribution in [0.1, 0.15) is 0 Å². The molecule has 122 valence electrons. The molecule has 0 aromatic heterocycles. The Morgan fingerprint density at radius 2 is 1.74 bits per heavy atom. The van der Waals surface area contributed by atoms with Gasteiger partial charge < -0.3 is 24.8 Å². The van der Waals surface area contributed by atoms with Crippen LogP contribution in [0.5, 0.6) is 17.2 Å². The van der Waals surface area contributed by atoms with Crippen LogP contribution >= 0.6 is 11.6 Å². The summed E-state index contributed by atoms with van der Waals surface area (Å²) in [5.41, 5.74) is 0.547. The number of rotatable bonds is 6. The molecule has 2 aromatic carbocycles. The Morgan fingerprint density at radius 3 is 2.39 bits per heavy atom. The smallest absolute Gasteiger partial charge is 0.321 e. The second kappa shape index (κ2) is 8.14. The third-order valence-electron chi connectivity index (χ3n) is 2.94. The maximum atomic E-state index is 11.8. The number of halogens is 1. The zero-order valence-corrected chi connectivity index (χ0v) is 13.5. The van der Waals surface area contributed by atoms with Gasteiger partial charge in [0.25, 0.3) is 0 Å². The van der Waals surface area contributed by atoms with Crippen molar-refractivity contribution in [3.05, 3.63) is 47.5 Å². The number of hydrogen-bond donors (Lipinski definition) is 2. The standard InChI is InChI=1S/C16H17ClN2O4/c1-21-13-8-7-11(9-12(13)17)19-16(20)18-10-23-15-6-4-3-5-14(15)22-2/h3-9H,10H2,1-2H3,(H2,18,19,20). The fourth-order valence-corrected chi connectivity index (χ4v) is 2.09. The minimum absolute atomic E-state index is 0.00388. The van der Waals surface area contributed by atoms with Gasteiger partial charge in [-0.25, -0.2) is 4.79 Å². The predicted molar refractivity (Wildman–Crippen MR) is 88.6 cm³/mol. The highest BCUT2D eigenvalue weighted by Crippen LogP contribution is 2.27. The summed E-state index contributed by atoms with van der Waals surface area (Å²) in [6, 6.07) is 11.7. The molecule has 0 unspecified atom stereocenters. The molecule has 6 nitrogen and oxygen atoms in total. The lowest BCUT2D eigenvalue weighted by Crippen LogP contribution is -2.32. The Hall–Kier alpha value is -2.60. The van der Waals surface area contributed by atoms with E-state index in [-0.39, 0.29) is 6.73 Å². The average molecular weight is 337 g/mol. The van der Waals surface area contributed by atoms with Gasteiger partial charge in [0, 0.05) is 5.69 Å². The number of benzene rings is 2. The third-order valence-corrected chi connectivity index (χ3v) is 3.23. The molecule has 23 heavy (non-hydrogen) atoms. The van der Waals surface area contributed by atoms with Gasteiger partial charge in [0.05, 0.1) is 19.2 Å². The summed E-state index contributed by atoms with van der Waals surface area (Å²) in [6.45, 7) is -0.00388. The first-order valence-electron chi connectivity index (χ1n) is 6.78. The van der Waals surface area contributed by atoms with Gasteiger partial charge in [-0.05, 0) is 30.3 Å². The number of carbonyl (C=O) groups is 1. The number of hydrogen-bond acceptors (Lipinski definition) is 4. The number of methoxy groups -OCH3 is 2. The summed E-state index contributed by atoms with van der Waals surface area (Å²) in [5, 5.41) is 5.64. The third kappa shape index (κ3) is 4.69. The maximum absolute atomic E-state index is 11.8. The molecule has 0 atom stereocenters. The summed E-state index contributed by atoms with van der Waals surface area (Å²) in [7, 11) is 3.08. The molecule has 7 heteroatoms. The van der Waals surface area contributed by atoms with Gasteiger partial charge in [-0.1, -0.05) is 23.7 Å². The first-order chi connectivity index (χ1) is 11.1. The average Bonchev–Trinajstić information content (AvgIpc) is 2.55. The van der Waals surface area contributed by atoms with Gasteiger partial charge in [0.2, 0.25) is 0 Å². The highest BCUT2D eigenvalue weighted by molar-refractivity contribution is 6.32. The molecular formula is C16H17ClN2O4. The molecule has 0 heterocycles. The van der Waals surface area contributed by atoms with Gasteiger partial charge in [0.15, 0.2) is 18.2 Å². The van der Waals surface area contributed by atoms with E-state index in [4.69, 9.17) is 25.8 Å². The van der Waals surface area contributed by atoms with Crippen LogP contribution in [0.4, 0.5) is 10.5 Å². The first kappa shape index (κ1) is 16.8. The van der Waals surface area contributed by atoms with Crippen molar-refractivity contribution in [2.75, 3.05) is 26.3 Å². The van der Waals surface area contributed by atoms with Crippen molar-refractivity contribution in [3.63, 3.8) is 0 Å². The van der Waals surface area contributed by atoms with Crippen LogP contribution in [0.25, 0.3) is 0 Å². The minimum atomic E-state index is -0.416. The van der Waals surface area contributed by atoms with Gasteiger partial charge in [0.1, 0.15) is 5.75 Å². The van der Waals surface area contributed by atoms with E-state index in [9.17, 15) is 4.79 Å². The first-order valence-corrected chi connectivity index (χ1v) is 7.16. The van der Waals surface area contributed by atoms with Crippen molar-refractivity contribution in [2.45, 2.75) is 0 Å². The second-order valence-corrected chi connectivity index (χ2v) is 4.83. The molecule has 0 fully saturated rings. The lowest BCUT2D eigenvalue weighted by atomic mass is 10.3. The van der Waals surface area contributed by atoms with Crippen molar-refractivity contribution >= 4 is 23.3 Å². The van der Waals surface area contributed by atoms with Crippen molar-refractivity contribution in [1.29, 1.82) is 0 Å². The summed E-state index contributed by atoms with van der Waals surface area (Å²) in [4.78, 5) is 11.8. The number of anilines is 1. The second-order valence-electron chi connectivity index (χ2n) is 4.42. The quantitative estimate of drug-likeness (QED) is 0.792. The minimum Gasteiger partial charge on any atom is -0.495 e. The summed E-state index contributed by atoms with van der Waals surface area (Å²) < 4.78 is 15.7. The van der Waals surface area contributed by atoms with Crippen LogP contribution in [0.3, 0.4) is 0 Å². The normalized spacial score (nSPS) is 9.87. The van der Waals surface area contributed by atoms with Crippen molar-refractivity contribution < 1.29 is 19.0 Å². The fraction of sp³-hybridized carbons (Fsp3) is 0.188.